The Labute approximate surface area is 177 Å². The van der Waals surface area contributed by atoms with Crippen molar-refractivity contribution in [3.63, 3.8) is 0 Å². The molecule has 0 N–H and O–H groups in total. The van der Waals surface area contributed by atoms with E-state index >= 15 is 0 Å². The molecule has 4 aromatic rings. The second kappa shape index (κ2) is 8.62. The molecule has 4 heteroatoms. The first-order chi connectivity index (χ1) is 14.6. The fraction of sp³-hybridized carbons (Fsp3) is 0.269. The molecule has 0 spiro atoms. The molecule has 1 heterocycles. The molecule has 0 atom stereocenters. The fourth-order valence-corrected chi connectivity index (χ4v) is 3.75. The van der Waals surface area contributed by atoms with Crippen LogP contribution in [-0.4, -0.2) is 24.5 Å². The van der Waals surface area contributed by atoms with Crippen LogP contribution in [0.3, 0.4) is 0 Å². The number of benzene rings is 3. The van der Waals surface area contributed by atoms with Crippen molar-refractivity contribution in [2.75, 3.05) is 13.7 Å². The summed E-state index contributed by atoms with van der Waals surface area (Å²) in [4.78, 5) is 4.72. The van der Waals surface area contributed by atoms with Crippen molar-refractivity contribution in [1.82, 2.24) is 4.57 Å². The van der Waals surface area contributed by atoms with Gasteiger partial charge in [0.15, 0.2) is 11.5 Å². The van der Waals surface area contributed by atoms with Gasteiger partial charge in [0.25, 0.3) is 0 Å². The third-order valence-corrected chi connectivity index (χ3v) is 5.19. The Morgan fingerprint density at radius 2 is 1.73 bits per heavy atom. The van der Waals surface area contributed by atoms with Gasteiger partial charge in [0, 0.05) is 34.6 Å². The zero-order chi connectivity index (χ0) is 21.1. The third kappa shape index (κ3) is 3.90. The monoisotopic (exact) mass is 400 g/mol. The van der Waals surface area contributed by atoms with E-state index in [0.29, 0.717) is 12.5 Å². The highest BCUT2D eigenvalue weighted by Crippen LogP contribution is 2.32. The lowest BCUT2D eigenvalue weighted by atomic mass is 10.1. The Kier molecular flexibility index (Phi) is 5.75. The van der Waals surface area contributed by atoms with Gasteiger partial charge in [-0.1, -0.05) is 32.0 Å². The summed E-state index contributed by atoms with van der Waals surface area (Å²) in [6, 6.07) is 20.8. The summed E-state index contributed by atoms with van der Waals surface area (Å²) < 4.78 is 13.7. The Morgan fingerprint density at radius 1 is 0.933 bits per heavy atom. The summed E-state index contributed by atoms with van der Waals surface area (Å²) >= 11 is 0. The lowest BCUT2D eigenvalue weighted by Crippen LogP contribution is -2.05. The second-order valence-electron chi connectivity index (χ2n) is 7.84. The molecule has 0 amide bonds. The van der Waals surface area contributed by atoms with Crippen molar-refractivity contribution in [3.05, 3.63) is 66.2 Å². The van der Waals surface area contributed by atoms with Crippen molar-refractivity contribution in [2.45, 2.75) is 27.3 Å². The molecular weight excluding hydrogens is 372 g/mol. The van der Waals surface area contributed by atoms with Gasteiger partial charge in [0.2, 0.25) is 0 Å². The van der Waals surface area contributed by atoms with E-state index < -0.39 is 0 Å². The Balaban J connectivity index is 1.65. The topological polar surface area (TPSA) is 35.8 Å². The van der Waals surface area contributed by atoms with Gasteiger partial charge in [-0.2, -0.15) is 0 Å². The smallest absolute Gasteiger partial charge is 0.161 e. The molecule has 0 aliphatic carbocycles. The predicted molar refractivity (Wildman–Crippen MR) is 126 cm³/mol. The van der Waals surface area contributed by atoms with E-state index in [1.807, 2.05) is 24.4 Å². The van der Waals surface area contributed by atoms with E-state index in [1.54, 1.807) is 7.11 Å². The van der Waals surface area contributed by atoms with Gasteiger partial charge in [0.05, 0.1) is 19.4 Å². The quantitative estimate of drug-likeness (QED) is 0.327. The minimum Gasteiger partial charge on any atom is -0.493 e. The van der Waals surface area contributed by atoms with Gasteiger partial charge >= 0.3 is 0 Å². The number of methoxy groups -OCH3 is 1. The number of hydrogen-bond acceptors (Lipinski definition) is 3. The zero-order valence-corrected chi connectivity index (χ0v) is 18.1. The van der Waals surface area contributed by atoms with Crippen molar-refractivity contribution < 1.29 is 9.47 Å². The number of aromatic nitrogens is 1. The standard InChI is InChI=1S/C26H28N2O2/c1-5-28-23-9-7-6-8-21(23)22-15-20(11-12-24(22)28)27-16-19-10-13-25(26(14-19)29-4)30-17-18(2)3/h6-16,18H,5,17H2,1-4H3. The predicted octanol–water partition coefficient (Wildman–Crippen LogP) is 6.61. The molecular formula is C26H28N2O2. The normalized spacial score (nSPS) is 11.8. The van der Waals surface area contributed by atoms with Crippen LogP contribution in [0.2, 0.25) is 0 Å². The number of hydrogen-bond donors (Lipinski definition) is 0. The molecule has 0 unspecified atom stereocenters. The van der Waals surface area contributed by atoms with Gasteiger partial charge < -0.3 is 14.0 Å². The van der Waals surface area contributed by atoms with Crippen LogP contribution in [-0.2, 0) is 6.54 Å². The molecule has 30 heavy (non-hydrogen) atoms. The summed E-state index contributed by atoms with van der Waals surface area (Å²) in [6.45, 7) is 8.04. The Morgan fingerprint density at radius 3 is 2.50 bits per heavy atom. The molecule has 4 nitrogen and oxygen atoms in total. The minimum atomic E-state index is 0.463. The number of ether oxygens (including phenoxy) is 2. The zero-order valence-electron chi connectivity index (χ0n) is 18.1. The number of para-hydroxylation sites is 1. The summed E-state index contributed by atoms with van der Waals surface area (Å²) in [5.41, 5.74) is 4.41. The average molecular weight is 401 g/mol. The molecule has 4 rings (SSSR count). The number of aryl methyl sites for hydroxylation is 1. The van der Waals surface area contributed by atoms with Crippen molar-refractivity contribution in [3.8, 4) is 11.5 Å². The van der Waals surface area contributed by atoms with Gasteiger partial charge in [-0.3, -0.25) is 4.99 Å². The molecule has 1 aromatic heterocycles. The van der Waals surface area contributed by atoms with Crippen LogP contribution in [0.1, 0.15) is 26.3 Å². The van der Waals surface area contributed by atoms with Crippen LogP contribution in [0.4, 0.5) is 5.69 Å². The van der Waals surface area contributed by atoms with Crippen LogP contribution in [0.5, 0.6) is 11.5 Å². The lowest BCUT2D eigenvalue weighted by Gasteiger charge is -2.12. The minimum absolute atomic E-state index is 0.463. The van der Waals surface area contributed by atoms with Crippen molar-refractivity contribution >= 4 is 33.7 Å². The molecule has 0 fully saturated rings. The highest BCUT2D eigenvalue weighted by Gasteiger charge is 2.10. The van der Waals surface area contributed by atoms with Crippen LogP contribution in [0.25, 0.3) is 21.8 Å². The average Bonchev–Trinajstić information content (AvgIpc) is 3.09. The summed E-state index contributed by atoms with van der Waals surface area (Å²) in [7, 11) is 1.66. The maximum absolute atomic E-state index is 5.84. The molecule has 154 valence electrons. The summed E-state index contributed by atoms with van der Waals surface area (Å²) in [5, 5.41) is 2.50. The Hall–Kier alpha value is -3.27. The van der Waals surface area contributed by atoms with Gasteiger partial charge in [0.1, 0.15) is 0 Å². The molecule has 0 saturated heterocycles. The van der Waals surface area contributed by atoms with Crippen LogP contribution >= 0.6 is 0 Å². The summed E-state index contributed by atoms with van der Waals surface area (Å²) in [5.74, 6) is 1.95. The molecule has 0 saturated carbocycles. The first-order valence-corrected chi connectivity index (χ1v) is 10.5. The molecule has 0 radical (unpaired) electrons. The summed E-state index contributed by atoms with van der Waals surface area (Å²) in [6.07, 6.45) is 1.87. The van der Waals surface area contributed by atoms with E-state index in [2.05, 4.69) is 67.8 Å². The highest BCUT2D eigenvalue weighted by atomic mass is 16.5. The molecule has 0 bridgehead atoms. The van der Waals surface area contributed by atoms with E-state index in [1.165, 1.54) is 21.8 Å². The van der Waals surface area contributed by atoms with E-state index in [0.717, 1.165) is 29.3 Å². The molecule has 3 aromatic carbocycles. The highest BCUT2D eigenvalue weighted by molar-refractivity contribution is 6.09. The number of nitrogens with zero attached hydrogens (tertiary/aromatic N) is 2. The van der Waals surface area contributed by atoms with E-state index in [-0.39, 0.29) is 0 Å². The van der Waals surface area contributed by atoms with Gasteiger partial charge in [-0.25, -0.2) is 0 Å². The van der Waals surface area contributed by atoms with Crippen LogP contribution < -0.4 is 9.47 Å². The second-order valence-corrected chi connectivity index (χ2v) is 7.84. The largest absolute Gasteiger partial charge is 0.493 e. The van der Waals surface area contributed by atoms with Crippen LogP contribution in [0, 0.1) is 5.92 Å². The first kappa shape index (κ1) is 20.0. The van der Waals surface area contributed by atoms with Crippen LogP contribution in [0.15, 0.2) is 65.7 Å². The number of aliphatic imine (C=N–C) groups is 1. The molecule has 0 aliphatic rings. The third-order valence-electron chi connectivity index (χ3n) is 5.19. The maximum atomic E-state index is 5.84. The lowest BCUT2D eigenvalue weighted by molar-refractivity contribution is 0.257. The number of rotatable bonds is 7. The number of fused-ring (bicyclic) bond motifs is 3. The maximum Gasteiger partial charge on any atom is 0.161 e. The van der Waals surface area contributed by atoms with Gasteiger partial charge in [-0.15, -0.1) is 0 Å². The SMILES string of the molecule is CCn1c2ccccc2c2cc(N=Cc3ccc(OCC(C)C)c(OC)c3)ccc21. The first-order valence-electron chi connectivity index (χ1n) is 10.5. The Bertz CT molecular complexity index is 1200. The van der Waals surface area contributed by atoms with Crippen molar-refractivity contribution in [1.29, 1.82) is 0 Å². The fourth-order valence-electron chi connectivity index (χ4n) is 3.75. The van der Waals surface area contributed by atoms with E-state index in [9.17, 15) is 0 Å². The molecule has 0 aliphatic heterocycles. The van der Waals surface area contributed by atoms with E-state index in [4.69, 9.17) is 14.5 Å². The van der Waals surface area contributed by atoms with Crippen molar-refractivity contribution in [2.24, 2.45) is 10.9 Å². The van der Waals surface area contributed by atoms with Gasteiger partial charge in [-0.05, 0) is 60.9 Å².